The molecule has 208 valence electrons. The number of rotatable bonds is 6. The summed E-state index contributed by atoms with van der Waals surface area (Å²) in [6.07, 6.45) is -4.83. The third-order valence-corrected chi connectivity index (χ3v) is 7.70. The number of amidine groups is 1. The molecule has 0 aromatic heterocycles. The quantitative estimate of drug-likeness (QED) is 0.462. The van der Waals surface area contributed by atoms with Gasteiger partial charge in [0.25, 0.3) is 0 Å². The number of carbonyl (C=O) groups is 2. The molecule has 1 saturated carbocycles. The Balaban J connectivity index is 1.40. The van der Waals surface area contributed by atoms with Crippen molar-refractivity contribution in [2.45, 2.75) is 50.6 Å². The van der Waals surface area contributed by atoms with E-state index in [9.17, 15) is 35.9 Å². The molecule has 3 aliphatic rings. The maximum atomic E-state index is 13.5. The number of aliphatic imine (C=N–C) groups is 1. The molecule has 4 rings (SSSR count). The zero-order valence-electron chi connectivity index (χ0n) is 20.8. The highest BCUT2D eigenvalue weighted by molar-refractivity contribution is 8.18. The first-order chi connectivity index (χ1) is 17.7. The number of alkyl halides is 6. The Morgan fingerprint density at radius 2 is 1.79 bits per heavy atom. The Hall–Kier alpha value is -2.54. The van der Waals surface area contributed by atoms with Crippen molar-refractivity contribution in [3.05, 3.63) is 45.9 Å². The predicted molar refractivity (Wildman–Crippen MR) is 131 cm³/mol. The fourth-order valence-corrected chi connectivity index (χ4v) is 5.44. The minimum Gasteiger partial charge on any atom is -0.357 e. The minimum atomic E-state index is -4.90. The first-order valence-corrected chi connectivity index (χ1v) is 13.0. The van der Waals surface area contributed by atoms with Crippen LogP contribution in [0.15, 0.2) is 34.2 Å². The Morgan fingerprint density at radius 1 is 1.13 bits per heavy atom. The van der Waals surface area contributed by atoms with Crippen LogP contribution in [0.5, 0.6) is 0 Å². The number of nitrogens with zero attached hydrogens (tertiary/aromatic N) is 3. The van der Waals surface area contributed by atoms with Crippen molar-refractivity contribution < 1.29 is 35.9 Å². The monoisotopic (exact) mass is 562 g/mol. The molecular weight excluding hydrogens is 534 g/mol. The number of benzene rings is 1. The van der Waals surface area contributed by atoms with Gasteiger partial charge in [-0.1, -0.05) is 12.1 Å². The summed E-state index contributed by atoms with van der Waals surface area (Å²) in [5, 5.41) is 2.77. The van der Waals surface area contributed by atoms with Gasteiger partial charge in [-0.2, -0.15) is 31.3 Å². The molecule has 2 heterocycles. The number of amides is 2. The molecule has 1 aromatic carbocycles. The van der Waals surface area contributed by atoms with Crippen LogP contribution in [0.1, 0.15) is 42.4 Å². The molecule has 0 radical (unpaired) electrons. The van der Waals surface area contributed by atoms with E-state index in [1.807, 2.05) is 6.08 Å². The fourth-order valence-electron chi connectivity index (χ4n) is 4.65. The normalized spacial score (nSPS) is 21.5. The number of hydrogen-bond donors (Lipinski definition) is 1. The van der Waals surface area contributed by atoms with E-state index < -0.39 is 29.5 Å². The zero-order chi connectivity index (χ0) is 27.8. The van der Waals surface area contributed by atoms with Gasteiger partial charge < -0.3 is 10.2 Å². The second-order valence-electron chi connectivity index (χ2n) is 10.0. The number of carbonyl (C=O) groups excluding carboxylic acids is 2. The molecule has 2 aliphatic heterocycles. The van der Waals surface area contributed by atoms with Crippen LogP contribution in [-0.2, 0) is 23.7 Å². The Morgan fingerprint density at radius 3 is 2.34 bits per heavy atom. The largest absolute Gasteiger partial charge is 0.416 e. The summed E-state index contributed by atoms with van der Waals surface area (Å²) in [6, 6.07) is 1.29. The molecule has 1 N–H and O–H groups in total. The third kappa shape index (κ3) is 6.90. The summed E-state index contributed by atoms with van der Waals surface area (Å²) < 4.78 is 79.4. The SMILES string of the molecule is CN(C)C(=O)[C@@H](NC1=NC(=O)S/C1=C\C1CCN(Cc2ccc(C(F)(F)F)cc2C(F)(F)F)CC1)C1CC1. The lowest BCUT2D eigenvalue weighted by atomic mass is 9.95. The number of likely N-dealkylation sites (tertiary alicyclic amines) is 1. The Labute approximate surface area is 220 Å². The van der Waals surface area contributed by atoms with Crippen LogP contribution in [-0.4, -0.2) is 60.0 Å². The van der Waals surface area contributed by atoms with Crippen LogP contribution in [0.4, 0.5) is 31.1 Å². The zero-order valence-corrected chi connectivity index (χ0v) is 21.6. The second kappa shape index (κ2) is 10.9. The highest BCUT2D eigenvalue weighted by Gasteiger charge is 2.40. The van der Waals surface area contributed by atoms with E-state index in [0.717, 1.165) is 30.7 Å². The van der Waals surface area contributed by atoms with Crippen molar-refractivity contribution in [1.82, 2.24) is 15.1 Å². The van der Waals surface area contributed by atoms with Gasteiger partial charge in [0.1, 0.15) is 11.9 Å². The summed E-state index contributed by atoms with van der Waals surface area (Å²) in [7, 11) is 3.34. The molecular formula is C25H28F6N4O2S. The van der Waals surface area contributed by atoms with Gasteiger partial charge in [0.15, 0.2) is 0 Å². The lowest BCUT2D eigenvalue weighted by molar-refractivity contribution is -0.143. The second-order valence-corrected chi connectivity index (χ2v) is 11.0. The van der Waals surface area contributed by atoms with Gasteiger partial charge in [-0.3, -0.25) is 14.5 Å². The Bertz CT molecular complexity index is 1140. The molecule has 6 nitrogen and oxygen atoms in total. The van der Waals surface area contributed by atoms with Crippen molar-refractivity contribution in [2.24, 2.45) is 16.8 Å². The third-order valence-electron chi connectivity index (χ3n) is 6.88. The lowest BCUT2D eigenvalue weighted by Gasteiger charge is -2.31. The summed E-state index contributed by atoms with van der Waals surface area (Å²) >= 11 is 0.973. The lowest BCUT2D eigenvalue weighted by Crippen LogP contribution is -2.47. The molecule has 1 aliphatic carbocycles. The minimum absolute atomic E-state index is 0.0327. The molecule has 0 unspecified atom stereocenters. The van der Waals surface area contributed by atoms with Gasteiger partial charge in [0.05, 0.1) is 16.0 Å². The molecule has 0 bridgehead atoms. The average Bonchev–Trinajstić information content (AvgIpc) is 3.60. The number of piperidine rings is 1. The van der Waals surface area contributed by atoms with Crippen LogP contribution >= 0.6 is 11.8 Å². The molecule has 1 atom stereocenters. The molecule has 38 heavy (non-hydrogen) atoms. The smallest absolute Gasteiger partial charge is 0.357 e. The summed E-state index contributed by atoms with van der Waals surface area (Å²) in [5.41, 5.74) is -2.80. The molecule has 13 heteroatoms. The highest BCUT2D eigenvalue weighted by Crippen LogP contribution is 2.39. The van der Waals surface area contributed by atoms with E-state index in [2.05, 4.69) is 10.3 Å². The molecule has 1 aromatic rings. The van der Waals surface area contributed by atoms with Crippen LogP contribution in [0, 0.1) is 11.8 Å². The summed E-state index contributed by atoms with van der Waals surface area (Å²) in [5.74, 6) is 0.498. The van der Waals surface area contributed by atoms with Crippen molar-refractivity contribution in [3.8, 4) is 0 Å². The van der Waals surface area contributed by atoms with Crippen molar-refractivity contribution in [3.63, 3.8) is 0 Å². The first-order valence-electron chi connectivity index (χ1n) is 12.2. The number of thioether (sulfide) groups is 1. The number of allylic oxidation sites excluding steroid dienone is 1. The van der Waals surface area contributed by atoms with E-state index in [-0.39, 0.29) is 41.2 Å². The average molecular weight is 563 g/mol. The van der Waals surface area contributed by atoms with Gasteiger partial charge >= 0.3 is 17.6 Å². The molecule has 1 saturated heterocycles. The van der Waals surface area contributed by atoms with Gasteiger partial charge in [-0.15, -0.1) is 0 Å². The van der Waals surface area contributed by atoms with Gasteiger partial charge in [0, 0.05) is 20.6 Å². The molecule has 2 fully saturated rings. The van der Waals surface area contributed by atoms with Crippen LogP contribution in [0.3, 0.4) is 0 Å². The van der Waals surface area contributed by atoms with E-state index in [4.69, 9.17) is 0 Å². The van der Waals surface area contributed by atoms with Crippen LogP contribution in [0.25, 0.3) is 0 Å². The van der Waals surface area contributed by atoms with Gasteiger partial charge in [0.2, 0.25) is 5.91 Å². The highest BCUT2D eigenvalue weighted by atomic mass is 32.2. The molecule has 0 spiro atoms. The van der Waals surface area contributed by atoms with Gasteiger partial charge in [-0.05, 0) is 80.1 Å². The van der Waals surface area contributed by atoms with Crippen molar-refractivity contribution in [2.75, 3.05) is 27.2 Å². The standard InChI is InChI=1S/C25H28F6N4O2S/c1-34(2)22(36)20(15-3-4-15)32-21-19(38-23(37)33-21)11-14-7-9-35(10-8-14)13-16-5-6-17(24(26,27)28)12-18(16)25(29,30)31/h5-6,11-12,14-15,20H,3-4,7-10,13H2,1-2H3,(H,32,33,37)/b19-11-/t20-/m0/s1. The van der Waals surface area contributed by atoms with Crippen molar-refractivity contribution in [1.29, 1.82) is 0 Å². The van der Waals surface area contributed by atoms with E-state index in [1.54, 1.807) is 19.0 Å². The van der Waals surface area contributed by atoms with E-state index in [1.165, 1.54) is 4.90 Å². The summed E-state index contributed by atoms with van der Waals surface area (Å²) in [4.78, 5) is 32.6. The predicted octanol–water partition coefficient (Wildman–Crippen LogP) is 5.54. The molecule has 2 amide bonds. The van der Waals surface area contributed by atoms with Crippen LogP contribution in [0.2, 0.25) is 0 Å². The Kier molecular flexibility index (Phi) is 8.17. The number of likely N-dealkylation sites (N-methyl/N-ethyl adjacent to an activating group) is 1. The first kappa shape index (κ1) is 28.5. The van der Waals surface area contributed by atoms with Crippen molar-refractivity contribution >= 4 is 28.7 Å². The number of hydrogen-bond acceptors (Lipinski definition) is 5. The maximum Gasteiger partial charge on any atom is 0.416 e. The van der Waals surface area contributed by atoms with Gasteiger partial charge in [-0.25, -0.2) is 0 Å². The number of nitrogens with one attached hydrogen (secondary N) is 1. The summed E-state index contributed by atoms with van der Waals surface area (Å²) in [6.45, 7) is 0.762. The number of halogens is 6. The van der Waals surface area contributed by atoms with Crippen LogP contribution < -0.4 is 5.32 Å². The van der Waals surface area contributed by atoms with E-state index in [0.29, 0.717) is 42.7 Å². The maximum absolute atomic E-state index is 13.5. The van der Waals surface area contributed by atoms with E-state index >= 15 is 0 Å². The fraction of sp³-hybridized carbons (Fsp3) is 0.560. The topological polar surface area (TPSA) is 65.0 Å².